The summed E-state index contributed by atoms with van der Waals surface area (Å²) in [7, 11) is 1.34. The summed E-state index contributed by atoms with van der Waals surface area (Å²) in [4.78, 5) is 22.3. The van der Waals surface area contributed by atoms with Crippen molar-refractivity contribution >= 4 is 11.7 Å². The van der Waals surface area contributed by atoms with Crippen molar-refractivity contribution in [2.45, 2.75) is 19.4 Å². The molecular weight excluding hydrogens is 196 g/mol. The molecule has 0 spiro atoms. The van der Waals surface area contributed by atoms with Crippen molar-refractivity contribution in [2.75, 3.05) is 12.8 Å². The summed E-state index contributed by atoms with van der Waals surface area (Å²) in [5, 5.41) is 0. The second kappa shape index (κ2) is 5.19. The Balaban J connectivity index is 2.55. The Kier molecular flexibility index (Phi) is 3.91. The molecule has 82 valence electrons. The second-order valence-corrected chi connectivity index (χ2v) is 3.14. The number of nitrogens with two attached hydrogens (primary N) is 1. The number of rotatable bonds is 4. The van der Waals surface area contributed by atoms with E-state index in [1.807, 2.05) is 0 Å². The summed E-state index contributed by atoms with van der Waals surface area (Å²) < 4.78 is 5.98. The molecule has 0 fully saturated rings. The summed E-state index contributed by atoms with van der Waals surface area (Å²) in [6, 6.07) is 3.26. The van der Waals surface area contributed by atoms with E-state index in [0.29, 0.717) is 19.4 Å². The highest BCUT2D eigenvalue weighted by atomic mass is 16.5. The molecule has 5 nitrogen and oxygen atoms in total. The number of ether oxygens (including phenoxy) is 1. The number of esters is 1. The van der Waals surface area contributed by atoms with E-state index in [-0.39, 0.29) is 17.2 Å². The van der Waals surface area contributed by atoms with Gasteiger partial charge >= 0.3 is 5.97 Å². The molecule has 0 unspecified atom stereocenters. The van der Waals surface area contributed by atoms with Gasteiger partial charge in [-0.25, -0.2) is 0 Å². The Bertz CT molecular complexity index is 398. The van der Waals surface area contributed by atoms with Gasteiger partial charge in [-0.1, -0.05) is 0 Å². The molecule has 1 rings (SSSR count). The van der Waals surface area contributed by atoms with Crippen molar-refractivity contribution in [2.24, 2.45) is 0 Å². The van der Waals surface area contributed by atoms with E-state index in [1.165, 1.54) is 11.7 Å². The van der Waals surface area contributed by atoms with Crippen LogP contribution in [0.25, 0.3) is 0 Å². The normalized spacial score (nSPS) is 9.93. The Morgan fingerprint density at radius 1 is 1.60 bits per heavy atom. The zero-order chi connectivity index (χ0) is 11.3. The van der Waals surface area contributed by atoms with Gasteiger partial charge in [0.05, 0.1) is 12.8 Å². The molecule has 0 atom stereocenters. The standard InChI is InChI=1S/C10H14N2O3/c1-15-9(13)5-3-7-12-6-2-4-8(11)10(12)14/h2,4,6H,3,5,7,11H2,1H3. The van der Waals surface area contributed by atoms with Gasteiger partial charge < -0.3 is 15.0 Å². The van der Waals surface area contributed by atoms with Crippen LogP contribution in [0.15, 0.2) is 23.1 Å². The fourth-order valence-electron chi connectivity index (χ4n) is 1.23. The van der Waals surface area contributed by atoms with Crippen molar-refractivity contribution in [3.05, 3.63) is 28.7 Å². The summed E-state index contributed by atoms with van der Waals surface area (Å²) >= 11 is 0. The van der Waals surface area contributed by atoms with Crippen LogP contribution in [-0.4, -0.2) is 17.6 Å². The maximum Gasteiger partial charge on any atom is 0.305 e. The average Bonchev–Trinajstić information content (AvgIpc) is 2.24. The minimum absolute atomic E-state index is 0.218. The molecule has 0 aliphatic heterocycles. The molecule has 0 bridgehead atoms. The lowest BCUT2D eigenvalue weighted by Crippen LogP contribution is -2.22. The first-order chi connectivity index (χ1) is 7.15. The van der Waals surface area contributed by atoms with Crippen molar-refractivity contribution < 1.29 is 9.53 Å². The van der Waals surface area contributed by atoms with Gasteiger partial charge in [0, 0.05) is 19.2 Å². The molecule has 0 saturated carbocycles. The molecule has 5 heteroatoms. The van der Waals surface area contributed by atoms with Crippen LogP contribution in [0.2, 0.25) is 0 Å². The zero-order valence-electron chi connectivity index (χ0n) is 8.60. The largest absolute Gasteiger partial charge is 0.469 e. The smallest absolute Gasteiger partial charge is 0.305 e. The number of anilines is 1. The zero-order valence-corrected chi connectivity index (χ0v) is 8.60. The third-order valence-corrected chi connectivity index (χ3v) is 2.06. The van der Waals surface area contributed by atoms with Gasteiger partial charge in [0.1, 0.15) is 0 Å². The molecule has 0 aliphatic carbocycles. The first-order valence-electron chi connectivity index (χ1n) is 4.67. The molecule has 1 aromatic heterocycles. The van der Waals surface area contributed by atoms with Crippen LogP contribution in [-0.2, 0) is 16.1 Å². The van der Waals surface area contributed by atoms with E-state index in [4.69, 9.17) is 5.73 Å². The maximum absolute atomic E-state index is 11.4. The Labute approximate surface area is 87.5 Å². The van der Waals surface area contributed by atoms with Crippen LogP contribution in [0.1, 0.15) is 12.8 Å². The lowest BCUT2D eigenvalue weighted by atomic mass is 10.3. The van der Waals surface area contributed by atoms with Gasteiger partial charge in [0.25, 0.3) is 5.56 Å². The minimum atomic E-state index is -0.271. The van der Waals surface area contributed by atoms with Gasteiger partial charge in [0.2, 0.25) is 0 Å². The number of aromatic nitrogens is 1. The number of nitrogens with zero attached hydrogens (tertiary/aromatic N) is 1. The van der Waals surface area contributed by atoms with E-state index < -0.39 is 0 Å². The van der Waals surface area contributed by atoms with Crippen molar-refractivity contribution in [1.29, 1.82) is 0 Å². The molecule has 0 aliphatic rings. The van der Waals surface area contributed by atoms with Crippen molar-refractivity contribution in [3.63, 3.8) is 0 Å². The van der Waals surface area contributed by atoms with E-state index in [2.05, 4.69) is 4.74 Å². The van der Waals surface area contributed by atoms with E-state index in [1.54, 1.807) is 18.3 Å². The van der Waals surface area contributed by atoms with Crippen molar-refractivity contribution in [1.82, 2.24) is 4.57 Å². The van der Waals surface area contributed by atoms with Crippen LogP contribution in [0.4, 0.5) is 5.69 Å². The highest BCUT2D eigenvalue weighted by Gasteiger charge is 2.02. The number of nitrogen functional groups attached to an aromatic ring is 1. The fraction of sp³-hybridized carbons (Fsp3) is 0.400. The van der Waals surface area contributed by atoms with Gasteiger partial charge in [-0.3, -0.25) is 9.59 Å². The lowest BCUT2D eigenvalue weighted by Gasteiger charge is -2.05. The van der Waals surface area contributed by atoms with Gasteiger partial charge in [-0.05, 0) is 18.6 Å². The van der Waals surface area contributed by atoms with Gasteiger partial charge in [-0.2, -0.15) is 0 Å². The summed E-state index contributed by atoms with van der Waals surface area (Å²) in [5.74, 6) is -0.271. The molecule has 15 heavy (non-hydrogen) atoms. The predicted octanol–water partition coefficient (Wildman–Crippen LogP) is 0.384. The quantitative estimate of drug-likeness (QED) is 0.729. The topological polar surface area (TPSA) is 74.3 Å². The monoisotopic (exact) mass is 210 g/mol. The average molecular weight is 210 g/mol. The third-order valence-electron chi connectivity index (χ3n) is 2.06. The molecule has 0 saturated heterocycles. The number of hydrogen-bond acceptors (Lipinski definition) is 4. The highest BCUT2D eigenvalue weighted by Crippen LogP contribution is 1.97. The molecule has 0 aromatic carbocycles. The summed E-state index contributed by atoms with van der Waals surface area (Å²) in [6.45, 7) is 0.471. The molecule has 2 N–H and O–H groups in total. The molecule has 1 heterocycles. The van der Waals surface area contributed by atoms with Crippen LogP contribution in [0, 0.1) is 0 Å². The van der Waals surface area contributed by atoms with Crippen LogP contribution in [0.5, 0.6) is 0 Å². The van der Waals surface area contributed by atoms with E-state index >= 15 is 0 Å². The van der Waals surface area contributed by atoms with Crippen LogP contribution in [0.3, 0.4) is 0 Å². The molecule has 0 amide bonds. The molecule has 0 radical (unpaired) electrons. The highest BCUT2D eigenvalue weighted by molar-refractivity contribution is 5.68. The SMILES string of the molecule is COC(=O)CCCn1cccc(N)c1=O. The van der Waals surface area contributed by atoms with Gasteiger partial charge in [0.15, 0.2) is 0 Å². The summed E-state index contributed by atoms with van der Waals surface area (Å²) in [6.07, 6.45) is 2.52. The number of aryl methyl sites for hydroxylation is 1. The van der Waals surface area contributed by atoms with Gasteiger partial charge in [-0.15, -0.1) is 0 Å². The Morgan fingerprint density at radius 2 is 2.33 bits per heavy atom. The fourth-order valence-corrected chi connectivity index (χ4v) is 1.23. The Hall–Kier alpha value is -1.78. The van der Waals surface area contributed by atoms with Crippen LogP contribution >= 0.6 is 0 Å². The Morgan fingerprint density at radius 3 is 3.00 bits per heavy atom. The third kappa shape index (κ3) is 3.12. The molecular formula is C10H14N2O3. The first kappa shape index (κ1) is 11.3. The maximum atomic E-state index is 11.4. The molecule has 1 aromatic rings. The first-order valence-corrected chi connectivity index (χ1v) is 4.67. The predicted molar refractivity (Wildman–Crippen MR) is 56.4 cm³/mol. The lowest BCUT2D eigenvalue weighted by molar-refractivity contribution is -0.140. The van der Waals surface area contributed by atoms with Crippen molar-refractivity contribution in [3.8, 4) is 0 Å². The second-order valence-electron chi connectivity index (χ2n) is 3.14. The number of pyridine rings is 1. The number of carbonyl (C=O) groups is 1. The van der Waals surface area contributed by atoms with Crippen LogP contribution < -0.4 is 11.3 Å². The number of carbonyl (C=O) groups excluding carboxylic acids is 1. The summed E-state index contributed by atoms with van der Waals surface area (Å²) in [5.41, 5.74) is 5.45. The van der Waals surface area contributed by atoms with E-state index in [9.17, 15) is 9.59 Å². The van der Waals surface area contributed by atoms with E-state index in [0.717, 1.165) is 0 Å². The number of methoxy groups -OCH3 is 1. The number of hydrogen-bond donors (Lipinski definition) is 1. The minimum Gasteiger partial charge on any atom is -0.469 e.